The molecule has 4 nitrogen and oxygen atoms in total. The molecule has 1 aliphatic carbocycles. The molecule has 1 N–H and O–H groups in total. The quantitative estimate of drug-likeness (QED) is 0.909. The van der Waals surface area contributed by atoms with E-state index in [0.717, 1.165) is 32.1 Å². The van der Waals surface area contributed by atoms with E-state index in [2.05, 4.69) is 0 Å². The molecular weight excluding hydrogens is 262 g/mol. The molecule has 0 unspecified atom stereocenters. The summed E-state index contributed by atoms with van der Waals surface area (Å²) in [6.45, 7) is 0.425. The lowest BCUT2D eigenvalue weighted by Gasteiger charge is -2.22. The van der Waals surface area contributed by atoms with Gasteiger partial charge in [-0.2, -0.15) is 4.31 Å². The zero-order valence-corrected chi connectivity index (χ0v) is 11.7. The minimum Gasteiger partial charge on any atom is -0.395 e. The maximum absolute atomic E-state index is 12.6. The molecule has 3 rings (SSSR count). The van der Waals surface area contributed by atoms with Crippen LogP contribution in [0, 0.1) is 0 Å². The van der Waals surface area contributed by atoms with Gasteiger partial charge in [0.1, 0.15) is 0 Å². The van der Waals surface area contributed by atoms with Gasteiger partial charge in [0.25, 0.3) is 0 Å². The van der Waals surface area contributed by atoms with Crippen LogP contribution < -0.4 is 0 Å². The minimum absolute atomic E-state index is 0.0931. The first kappa shape index (κ1) is 13.1. The summed E-state index contributed by atoms with van der Waals surface area (Å²) in [6, 6.07) is 5.23. The first-order valence-electron chi connectivity index (χ1n) is 6.87. The van der Waals surface area contributed by atoms with Crippen LogP contribution in [0.25, 0.3) is 0 Å². The lowest BCUT2D eigenvalue weighted by Crippen LogP contribution is -2.37. The topological polar surface area (TPSA) is 57.6 Å². The number of aliphatic hydroxyl groups excluding tert-OH is 1. The van der Waals surface area contributed by atoms with Crippen LogP contribution in [0.15, 0.2) is 23.1 Å². The second kappa shape index (κ2) is 4.89. The highest BCUT2D eigenvalue weighted by atomic mass is 32.2. The average Bonchev–Trinajstić information content (AvgIpc) is 3.06. The fourth-order valence-electron chi connectivity index (χ4n) is 3.15. The number of hydrogen-bond acceptors (Lipinski definition) is 3. The van der Waals surface area contributed by atoms with Gasteiger partial charge in [-0.1, -0.05) is 6.07 Å². The molecular formula is C14H19NO3S. The molecule has 1 fully saturated rings. The van der Waals surface area contributed by atoms with Crippen molar-refractivity contribution in [3.8, 4) is 0 Å². The van der Waals surface area contributed by atoms with E-state index in [-0.39, 0.29) is 12.6 Å². The molecule has 0 saturated carbocycles. The molecule has 1 aromatic rings. The van der Waals surface area contributed by atoms with Crippen LogP contribution in [0.5, 0.6) is 0 Å². The van der Waals surface area contributed by atoms with Crippen molar-refractivity contribution in [3.63, 3.8) is 0 Å². The number of fused-ring (bicyclic) bond motifs is 1. The van der Waals surface area contributed by atoms with Crippen molar-refractivity contribution < 1.29 is 13.5 Å². The molecule has 104 valence electrons. The summed E-state index contributed by atoms with van der Waals surface area (Å²) in [5.74, 6) is 0. The number of hydrogen-bond donors (Lipinski definition) is 1. The number of sulfonamides is 1. The van der Waals surface area contributed by atoms with E-state index in [1.54, 1.807) is 6.07 Å². The predicted molar refractivity (Wildman–Crippen MR) is 72.5 cm³/mol. The summed E-state index contributed by atoms with van der Waals surface area (Å²) >= 11 is 0. The molecule has 0 spiro atoms. The fourth-order valence-corrected chi connectivity index (χ4v) is 4.89. The van der Waals surface area contributed by atoms with Crippen LogP contribution in [-0.2, 0) is 22.9 Å². The van der Waals surface area contributed by atoms with Gasteiger partial charge >= 0.3 is 0 Å². The second-order valence-electron chi connectivity index (χ2n) is 5.38. The van der Waals surface area contributed by atoms with E-state index in [0.29, 0.717) is 11.4 Å². The van der Waals surface area contributed by atoms with E-state index < -0.39 is 10.0 Å². The summed E-state index contributed by atoms with van der Waals surface area (Å²) in [6.07, 6.45) is 4.72. The van der Waals surface area contributed by atoms with Gasteiger partial charge in [-0.05, 0) is 55.4 Å². The SMILES string of the molecule is O=S(=O)(c1ccc2c(c1)CCC2)N1CCC[C@H]1CO. The molecule has 1 atom stereocenters. The van der Waals surface area contributed by atoms with E-state index in [4.69, 9.17) is 0 Å². The lowest BCUT2D eigenvalue weighted by atomic mass is 10.1. The summed E-state index contributed by atoms with van der Waals surface area (Å²) in [5.41, 5.74) is 2.44. The van der Waals surface area contributed by atoms with Gasteiger partial charge in [0, 0.05) is 12.6 Å². The van der Waals surface area contributed by atoms with Crippen LogP contribution in [0.3, 0.4) is 0 Å². The van der Waals surface area contributed by atoms with Crippen molar-refractivity contribution in [3.05, 3.63) is 29.3 Å². The molecule has 1 aromatic carbocycles. The van der Waals surface area contributed by atoms with Gasteiger partial charge in [0.15, 0.2) is 0 Å². The molecule has 2 aliphatic rings. The van der Waals surface area contributed by atoms with Gasteiger partial charge in [-0.15, -0.1) is 0 Å². The standard InChI is InChI=1S/C14H19NO3S/c16-10-13-5-2-8-15(13)19(17,18)14-7-6-11-3-1-4-12(11)9-14/h6-7,9,13,16H,1-5,8,10H2/t13-/m0/s1. The first-order valence-corrected chi connectivity index (χ1v) is 8.31. The van der Waals surface area contributed by atoms with Crippen molar-refractivity contribution >= 4 is 10.0 Å². The zero-order valence-electron chi connectivity index (χ0n) is 10.9. The monoisotopic (exact) mass is 281 g/mol. The highest BCUT2D eigenvalue weighted by molar-refractivity contribution is 7.89. The predicted octanol–water partition coefficient (Wildman–Crippen LogP) is 1.32. The number of benzene rings is 1. The Kier molecular flexibility index (Phi) is 3.37. The van der Waals surface area contributed by atoms with Crippen LogP contribution in [-0.4, -0.2) is 37.0 Å². The number of aliphatic hydroxyl groups is 1. The highest BCUT2D eigenvalue weighted by Crippen LogP contribution is 2.29. The molecule has 19 heavy (non-hydrogen) atoms. The molecule has 0 aromatic heterocycles. The Balaban J connectivity index is 1.96. The number of aryl methyl sites for hydroxylation is 2. The van der Waals surface area contributed by atoms with Gasteiger partial charge in [0.2, 0.25) is 10.0 Å². The molecule has 0 amide bonds. The Morgan fingerprint density at radius 2 is 2.00 bits per heavy atom. The third-order valence-electron chi connectivity index (χ3n) is 4.21. The highest BCUT2D eigenvalue weighted by Gasteiger charge is 2.35. The van der Waals surface area contributed by atoms with Crippen molar-refractivity contribution in [2.75, 3.05) is 13.2 Å². The number of rotatable bonds is 3. The first-order chi connectivity index (χ1) is 9.13. The van der Waals surface area contributed by atoms with Crippen LogP contribution in [0.2, 0.25) is 0 Å². The van der Waals surface area contributed by atoms with Gasteiger partial charge < -0.3 is 5.11 Å². The summed E-state index contributed by atoms with van der Waals surface area (Å²) in [5, 5.41) is 9.30. The van der Waals surface area contributed by atoms with E-state index in [9.17, 15) is 13.5 Å². The molecule has 0 bridgehead atoms. The van der Waals surface area contributed by atoms with Crippen LogP contribution in [0.1, 0.15) is 30.4 Å². The van der Waals surface area contributed by atoms with Gasteiger partial charge in [-0.3, -0.25) is 0 Å². The Morgan fingerprint density at radius 3 is 2.79 bits per heavy atom. The molecule has 1 aliphatic heterocycles. The van der Waals surface area contributed by atoms with Crippen molar-refractivity contribution in [1.82, 2.24) is 4.31 Å². The van der Waals surface area contributed by atoms with Crippen LogP contribution in [0.4, 0.5) is 0 Å². The third-order valence-corrected chi connectivity index (χ3v) is 6.16. The summed E-state index contributed by atoms with van der Waals surface area (Å²) in [4.78, 5) is 0.383. The molecule has 5 heteroatoms. The molecule has 1 saturated heterocycles. The van der Waals surface area contributed by atoms with Gasteiger partial charge in [0.05, 0.1) is 11.5 Å². The van der Waals surface area contributed by atoms with Crippen LogP contribution >= 0.6 is 0 Å². The number of nitrogens with zero attached hydrogens (tertiary/aromatic N) is 1. The second-order valence-corrected chi connectivity index (χ2v) is 7.27. The Bertz CT molecular complexity index is 582. The van der Waals surface area contributed by atoms with Crippen molar-refractivity contribution in [2.24, 2.45) is 0 Å². The van der Waals surface area contributed by atoms with Crippen molar-refractivity contribution in [2.45, 2.75) is 43.0 Å². The minimum atomic E-state index is -3.45. The van der Waals surface area contributed by atoms with E-state index >= 15 is 0 Å². The fraction of sp³-hybridized carbons (Fsp3) is 0.571. The summed E-state index contributed by atoms with van der Waals surface area (Å²) < 4.78 is 26.7. The summed E-state index contributed by atoms with van der Waals surface area (Å²) in [7, 11) is -3.45. The normalized spacial score (nSPS) is 23.7. The Morgan fingerprint density at radius 1 is 1.21 bits per heavy atom. The zero-order chi connectivity index (χ0) is 13.5. The molecule has 0 radical (unpaired) electrons. The maximum Gasteiger partial charge on any atom is 0.243 e. The maximum atomic E-state index is 12.6. The average molecular weight is 281 g/mol. The largest absolute Gasteiger partial charge is 0.395 e. The molecule has 1 heterocycles. The Hall–Kier alpha value is -0.910. The third kappa shape index (κ3) is 2.20. The lowest BCUT2D eigenvalue weighted by molar-refractivity contribution is 0.213. The van der Waals surface area contributed by atoms with E-state index in [1.807, 2.05) is 12.1 Å². The Labute approximate surface area is 114 Å². The van der Waals surface area contributed by atoms with E-state index in [1.165, 1.54) is 15.4 Å². The van der Waals surface area contributed by atoms with Crippen molar-refractivity contribution in [1.29, 1.82) is 0 Å². The van der Waals surface area contributed by atoms with Gasteiger partial charge in [-0.25, -0.2) is 8.42 Å². The smallest absolute Gasteiger partial charge is 0.243 e.